The van der Waals surface area contributed by atoms with E-state index >= 15 is 0 Å². The van der Waals surface area contributed by atoms with E-state index in [1.54, 1.807) is 36.0 Å². The summed E-state index contributed by atoms with van der Waals surface area (Å²) in [5, 5.41) is 14.8. The van der Waals surface area contributed by atoms with Gasteiger partial charge in [0.15, 0.2) is 6.04 Å². The third kappa shape index (κ3) is 4.94. The van der Waals surface area contributed by atoms with Gasteiger partial charge in [0.05, 0.1) is 0 Å². The van der Waals surface area contributed by atoms with Gasteiger partial charge in [-0.15, -0.1) is 0 Å². The Kier molecular flexibility index (Phi) is 6.67. The highest BCUT2D eigenvalue weighted by atomic mass is 35.5. The van der Waals surface area contributed by atoms with Crippen molar-refractivity contribution in [1.29, 1.82) is 0 Å². The largest absolute Gasteiger partial charge is 0.479 e. The smallest absolute Gasteiger partial charge is 0.331 e. The second-order valence-electron chi connectivity index (χ2n) is 4.19. The number of carboxylic acid groups (broad SMARTS) is 1. The number of halogens is 1. The number of rotatable bonds is 6. The van der Waals surface area contributed by atoms with Crippen LogP contribution in [0.1, 0.15) is 18.5 Å². The molecule has 2 amide bonds. The normalized spacial score (nSPS) is 13.3. The zero-order valence-electron chi connectivity index (χ0n) is 11.2. The summed E-state index contributed by atoms with van der Waals surface area (Å²) in [4.78, 5) is 23.0. The minimum Gasteiger partial charge on any atom is -0.479 e. The molecule has 1 aromatic carbocycles. The Morgan fingerprint density at radius 3 is 2.60 bits per heavy atom. The molecule has 0 aliphatic heterocycles. The van der Waals surface area contributed by atoms with E-state index in [2.05, 4.69) is 10.6 Å². The molecule has 20 heavy (non-hydrogen) atoms. The molecule has 110 valence electrons. The zero-order valence-corrected chi connectivity index (χ0v) is 12.8. The van der Waals surface area contributed by atoms with Gasteiger partial charge in [-0.2, -0.15) is 11.8 Å². The van der Waals surface area contributed by atoms with Crippen LogP contribution < -0.4 is 10.6 Å². The molecule has 0 fully saturated rings. The molecule has 0 radical (unpaired) electrons. The fraction of sp³-hybridized carbons (Fsp3) is 0.385. The van der Waals surface area contributed by atoms with Crippen LogP contribution in [-0.2, 0) is 4.79 Å². The lowest BCUT2D eigenvalue weighted by atomic mass is 10.1. The maximum Gasteiger partial charge on any atom is 0.331 e. The number of thioether (sulfide) groups is 1. The molecule has 1 rings (SSSR count). The van der Waals surface area contributed by atoms with Crippen molar-refractivity contribution in [3.8, 4) is 0 Å². The third-order valence-corrected chi connectivity index (χ3v) is 4.01. The number of benzene rings is 1. The summed E-state index contributed by atoms with van der Waals surface area (Å²) in [5.41, 5.74) is 0.356. The fourth-order valence-electron chi connectivity index (χ4n) is 1.48. The summed E-state index contributed by atoms with van der Waals surface area (Å²) >= 11 is 7.57. The minimum atomic E-state index is -1.17. The average Bonchev–Trinajstić information content (AvgIpc) is 2.42. The molecule has 0 aliphatic rings. The summed E-state index contributed by atoms with van der Waals surface area (Å²) in [6.45, 7) is 2.43. The van der Waals surface area contributed by atoms with E-state index in [1.165, 1.54) is 0 Å². The molecule has 5 nitrogen and oxygen atoms in total. The molecule has 0 saturated carbocycles. The highest BCUT2D eigenvalue weighted by Gasteiger charge is 2.24. The molecule has 0 saturated heterocycles. The van der Waals surface area contributed by atoms with E-state index in [0.29, 0.717) is 17.1 Å². The summed E-state index contributed by atoms with van der Waals surface area (Å²) in [6.07, 6.45) is 1.94. The Morgan fingerprint density at radius 2 is 2.05 bits per heavy atom. The van der Waals surface area contributed by atoms with Gasteiger partial charge in [0.1, 0.15) is 0 Å². The predicted molar refractivity (Wildman–Crippen MR) is 81.3 cm³/mol. The highest BCUT2D eigenvalue weighted by Crippen LogP contribution is 2.22. The van der Waals surface area contributed by atoms with Gasteiger partial charge in [0.2, 0.25) is 0 Å². The molecular formula is C13H17ClN2O3S. The molecule has 2 atom stereocenters. The molecule has 0 spiro atoms. The molecule has 7 heteroatoms. The van der Waals surface area contributed by atoms with Crippen molar-refractivity contribution in [2.45, 2.75) is 18.2 Å². The van der Waals surface area contributed by atoms with Gasteiger partial charge in [0.25, 0.3) is 0 Å². The number of carbonyl (C=O) groups excluding carboxylic acids is 1. The maximum atomic E-state index is 11.7. The van der Waals surface area contributed by atoms with Crippen LogP contribution in [0.15, 0.2) is 24.3 Å². The fourth-order valence-corrected chi connectivity index (χ4v) is 1.98. The number of carboxylic acids is 1. The van der Waals surface area contributed by atoms with Gasteiger partial charge in [-0.25, -0.2) is 9.59 Å². The van der Waals surface area contributed by atoms with E-state index < -0.39 is 18.0 Å². The molecule has 0 aliphatic carbocycles. The van der Waals surface area contributed by atoms with Gasteiger partial charge in [0, 0.05) is 22.4 Å². The van der Waals surface area contributed by atoms with Gasteiger partial charge in [-0.1, -0.05) is 36.7 Å². The van der Waals surface area contributed by atoms with Crippen molar-refractivity contribution in [3.05, 3.63) is 34.9 Å². The van der Waals surface area contributed by atoms with Crippen molar-refractivity contribution in [1.82, 2.24) is 10.6 Å². The van der Waals surface area contributed by atoms with E-state index in [-0.39, 0.29) is 5.25 Å². The monoisotopic (exact) mass is 316 g/mol. The van der Waals surface area contributed by atoms with Gasteiger partial charge >= 0.3 is 12.0 Å². The van der Waals surface area contributed by atoms with E-state index in [9.17, 15) is 14.7 Å². The summed E-state index contributed by atoms with van der Waals surface area (Å²) in [5.74, 6) is -1.16. The molecule has 1 aromatic rings. The Balaban J connectivity index is 2.72. The SMILES string of the molecule is CSC(C)CNC(=O)N[C@@H](C(=O)O)c1ccccc1Cl. The first kappa shape index (κ1) is 16.7. The summed E-state index contributed by atoms with van der Waals surface area (Å²) in [7, 11) is 0. The molecule has 1 unspecified atom stereocenters. The third-order valence-electron chi connectivity index (χ3n) is 2.69. The number of urea groups is 1. The first-order valence-corrected chi connectivity index (χ1v) is 7.66. The molecule has 0 bridgehead atoms. The van der Waals surface area contributed by atoms with Crippen molar-refractivity contribution < 1.29 is 14.7 Å². The second kappa shape index (κ2) is 8.01. The highest BCUT2D eigenvalue weighted by molar-refractivity contribution is 7.99. The van der Waals surface area contributed by atoms with E-state index in [0.717, 1.165) is 0 Å². The molecule has 0 aromatic heterocycles. The topological polar surface area (TPSA) is 78.4 Å². The van der Waals surface area contributed by atoms with E-state index in [1.807, 2.05) is 13.2 Å². The number of amides is 2. The zero-order chi connectivity index (χ0) is 15.1. The van der Waals surface area contributed by atoms with Gasteiger partial charge in [-0.05, 0) is 12.3 Å². The van der Waals surface area contributed by atoms with Crippen LogP contribution in [0.2, 0.25) is 5.02 Å². The van der Waals surface area contributed by atoms with Crippen LogP contribution in [0.25, 0.3) is 0 Å². The van der Waals surface area contributed by atoms with Crippen molar-refractivity contribution >= 4 is 35.4 Å². The van der Waals surface area contributed by atoms with E-state index in [4.69, 9.17) is 11.6 Å². The van der Waals surface area contributed by atoms with Crippen molar-refractivity contribution in [2.24, 2.45) is 0 Å². The minimum absolute atomic E-state index is 0.254. The van der Waals surface area contributed by atoms with Crippen molar-refractivity contribution in [2.75, 3.05) is 12.8 Å². The summed E-state index contributed by atoms with van der Waals surface area (Å²) in [6, 6.07) is 4.83. The number of nitrogens with one attached hydrogen (secondary N) is 2. The van der Waals surface area contributed by atoms with Crippen molar-refractivity contribution in [3.63, 3.8) is 0 Å². The summed E-state index contributed by atoms with van der Waals surface area (Å²) < 4.78 is 0. The lowest BCUT2D eigenvalue weighted by Gasteiger charge is -2.17. The Morgan fingerprint density at radius 1 is 1.40 bits per heavy atom. The van der Waals surface area contributed by atoms with Crippen LogP contribution >= 0.6 is 23.4 Å². The number of carbonyl (C=O) groups is 2. The molecule has 0 heterocycles. The number of aliphatic carboxylic acids is 1. The molecule has 3 N–H and O–H groups in total. The lowest BCUT2D eigenvalue weighted by Crippen LogP contribution is -2.42. The number of hydrogen-bond donors (Lipinski definition) is 3. The number of hydrogen-bond acceptors (Lipinski definition) is 3. The van der Waals surface area contributed by atoms with Crippen LogP contribution in [0.5, 0.6) is 0 Å². The standard InChI is InChI=1S/C13H17ClN2O3S/c1-8(20-2)7-15-13(19)16-11(12(17)18)9-5-3-4-6-10(9)14/h3-6,8,11H,7H2,1-2H3,(H,17,18)(H2,15,16,19)/t8?,11-/m1/s1. The molecular weight excluding hydrogens is 300 g/mol. The maximum absolute atomic E-state index is 11.7. The quantitative estimate of drug-likeness (QED) is 0.753. The van der Waals surface area contributed by atoms with Gasteiger partial charge < -0.3 is 15.7 Å². The predicted octanol–water partition coefficient (Wildman–Crippen LogP) is 2.52. The van der Waals surface area contributed by atoms with Crippen LogP contribution in [0.3, 0.4) is 0 Å². The van der Waals surface area contributed by atoms with Crippen LogP contribution in [0, 0.1) is 0 Å². The second-order valence-corrected chi connectivity index (χ2v) is 5.88. The Labute approximate surface area is 127 Å². The first-order chi connectivity index (χ1) is 9.45. The Hall–Kier alpha value is -1.40. The average molecular weight is 317 g/mol. The first-order valence-electron chi connectivity index (χ1n) is 6.00. The lowest BCUT2D eigenvalue weighted by molar-refractivity contribution is -0.139. The van der Waals surface area contributed by atoms with Gasteiger partial charge in [-0.3, -0.25) is 0 Å². The Bertz CT molecular complexity index is 484. The van der Waals surface area contributed by atoms with Crippen LogP contribution in [0.4, 0.5) is 4.79 Å². The van der Waals surface area contributed by atoms with Crippen LogP contribution in [-0.4, -0.2) is 35.2 Å².